The molecule has 226 valence electrons. The van der Waals surface area contributed by atoms with Gasteiger partial charge < -0.3 is 30.1 Å². The fourth-order valence-electron chi connectivity index (χ4n) is 7.67. The molecule has 2 heterocycles. The van der Waals surface area contributed by atoms with Gasteiger partial charge in [-0.05, 0) is 69.0 Å². The van der Waals surface area contributed by atoms with Crippen LogP contribution in [0.5, 0.6) is 11.5 Å². The normalized spacial score (nSPS) is 30.1. The SMILES string of the molecule is CCC(OC(=O)CCC(=O)NC(C(=O)O)C(C)C)C1Oc2c(O)ccc3c2C12CCN(CC1CCC1)C(C3)C2(C)O. The molecule has 10 nitrogen and oxygen atoms in total. The molecule has 0 radical (unpaired) electrons. The number of aliphatic hydroxyl groups is 1. The van der Waals surface area contributed by atoms with E-state index in [1.165, 1.54) is 19.3 Å². The Labute approximate surface area is 241 Å². The molecule has 5 rings (SSSR count). The first kappa shape index (κ1) is 29.6. The summed E-state index contributed by atoms with van der Waals surface area (Å²) in [5.74, 6) is -1.54. The number of hydrogen-bond acceptors (Lipinski definition) is 8. The number of carboxylic acid groups (broad SMARTS) is 1. The van der Waals surface area contributed by atoms with Crippen molar-refractivity contribution in [2.45, 2.75) is 114 Å². The largest absolute Gasteiger partial charge is 0.504 e. The van der Waals surface area contributed by atoms with Crippen LogP contribution < -0.4 is 10.1 Å². The molecule has 1 saturated carbocycles. The molecule has 0 aromatic heterocycles. The Morgan fingerprint density at radius 2 is 1.95 bits per heavy atom. The molecule has 1 aromatic carbocycles. The van der Waals surface area contributed by atoms with Crippen molar-refractivity contribution in [1.29, 1.82) is 0 Å². The van der Waals surface area contributed by atoms with Crippen LogP contribution in [0.25, 0.3) is 0 Å². The van der Waals surface area contributed by atoms with E-state index in [4.69, 9.17) is 9.47 Å². The van der Waals surface area contributed by atoms with E-state index < -0.39 is 47.1 Å². The molecule has 4 N–H and O–H groups in total. The number of ether oxygens (including phenoxy) is 2. The van der Waals surface area contributed by atoms with Crippen LogP contribution in [0.1, 0.15) is 83.8 Å². The van der Waals surface area contributed by atoms with Crippen LogP contribution in [0.2, 0.25) is 0 Å². The van der Waals surface area contributed by atoms with E-state index in [0.29, 0.717) is 30.9 Å². The van der Waals surface area contributed by atoms with Gasteiger partial charge in [-0.2, -0.15) is 0 Å². The summed E-state index contributed by atoms with van der Waals surface area (Å²) in [5, 5.41) is 35.0. The summed E-state index contributed by atoms with van der Waals surface area (Å²) >= 11 is 0. The smallest absolute Gasteiger partial charge is 0.326 e. The fourth-order valence-corrected chi connectivity index (χ4v) is 7.67. The molecule has 2 aliphatic carbocycles. The third kappa shape index (κ3) is 4.96. The van der Waals surface area contributed by atoms with Gasteiger partial charge in [0.25, 0.3) is 0 Å². The minimum atomic E-state index is -1.20. The number of nitrogens with one attached hydrogen (secondary N) is 1. The molecule has 41 heavy (non-hydrogen) atoms. The van der Waals surface area contributed by atoms with Crippen LogP contribution in [0.3, 0.4) is 0 Å². The Morgan fingerprint density at radius 1 is 1.22 bits per heavy atom. The van der Waals surface area contributed by atoms with Crippen molar-refractivity contribution in [3.63, 3.8) is 0 Å². The second kappa shape index (κ2) is 11.1. The van der Waals surface area contributed by atoms with Gasteiger partial charge in [-0.3, -0.25) is 14.5 Å². The third-order valence-electron chi connectivity index (χ3n) is 10.1. The van der Waals surface area contributed by atoms with Crippen LogP contribution >= 0.6 is 0 Å². The zero-order chi connectivity index (χ0) is 29.7. The Balaban J connectivity index is 1.36. The number of nitrogens with zero attached hydrogens (tertiary/aromatic N) is 1. The Kier molecular flexibility index (Phi) is 8.02. The molecule has 10 heteroatoms. The van der Waals surface area contributed by atoms with E-state index in [1.807, 2.05) is 19.9 Å². The molecule has 2 bridgehead atoms. The Bertz CT molecular complexity index is 1190. The standard InChI is InChI=1S/C31H44N2O8/c1-5-21(40-24(36)12-11-23(35)32-26(17(2)3)29(37)38)28-31-13-14-33(16-18-7-6-8-18)22(30(31,4)39)15-19-9-10-20(34)27(41-28)25(19)31/h9-10,17-18,21-22,26,28,34,39H,5-8,11-16H2,1-4H3,(H,32,35)(H,37,38). The molecule has 2 fully saturated rings. The summed E-state index contributed by atoms with van der Waals surface area (Å²) in [5.41, 5.74) is -0.200. The van der Waals surface area contributed by atoms with Gasteiger partial charge >= 0.3 is 11.9 Å². The first-order valence-corrected chi connectivity index (χ1v) is 15.1. The van der Waals surface area contributed by atoms with E-state index in [2.05, 4.69) is 10.2 Å². The number of benzene rings is 1. The highest BCUT2D eigenvalue weighted by Gasteiger charge is 2.70. The molecular formula is C31H44N2O8. The number of esters is 1. The van der Waals surface area contributed by atoms with Gasteiger partial charge in [-0.1, -0.05) is 33.3 Å². The molecule has 1 aromatic rings. The predicted octanol–water partition coefficient (Wildman–Crippen LogP) is 2.90. The fraction of sp³-hybridized carbons (Fsp3) is 0.710. The average molecular weight is 573 g/mol. The molecule has 6 atom stereocenters. The first-order valence-electron chi connectivity index (χ1n) is 15.1. The number of fused-ring (bicyclic) bond motifs is 1. The summed E-state index contributed by atoms with van der Waals surface area (Å²) in [6.45, 7) is 8.88. The summed E-state index contributed by atoms with van der Waals surface area (Å²) in [7, 11) is 0. The highest BCUT2D eigenvalue weighted by Crippen LogP contribution is 2.62. The van der Waals surface area contributed by atoms with Crippen molar-refractivity contribution in [3.05, 3.63) is 23.3 Å². The van der Waals surface area contributed by atoms with Gasteiger partial charge in [-0.15, -0.1) is 0 Å². The highest BCUT2D eigenvalue weighted by molar-refractivity contribution is 5.86. The maximum absolute atomic E-state index is 13.0. The monoisotopic (exact) mass is 572 g/mol. The number of carbonyl (C=O) groups is 3. The lowest BCUT2D eigenvalue weighted by Crippen LogP contribution is -2.74. The molecule has 2 aliphatic heterocycles. The minimum absolute atomic E-state index is 0.00719. The number of rotatable bonds is 11. The van der Waals surface area contributed by atoms with Crippen LogP contribution in [0.4, 0.5) is 0 Å². The summed E-state index contributed by atoms with van der Waals surface area (Å²) in [4.78, 5) is 39.2. The van der Waals surface area contributed by atoms with E-state index in [9.17, 15) is 29.7 Å². The number of phenolic OH excluding ortho intramolecular Hbond substituents is 1. The molecular weight excluding hydrogens is 528 g/mol. The number of amides is 1. The van der Waals surface area contributed by atoms with E-state index >= 15 is 0 Å². The number of likely N-dealkylation sites (tertiary alicyclic amines) is 1. The number of piperidine rings is 1. The zero-order valence-electron chi connectivity index (χ0n) is 24.5. The Hall–Kier alpha value is -2.85. The van der Waals surface area contributed by atoms with Gasteiger partial charge in [0, 0.05) is 24.6 Å². The zero-order valence-corrected chi connectivity index (χ0v) is 24.5. The topological polar surface area (TPSA) is 146 Å². The first-order chi connectivity index (χ1) is 19.4. The maximum Gasteiger partial charge on any atom is 0.326 e. The summed E-state index contributed by atoms with van der Waals surface area (Å²) < 4.78 is 12.4. The third-order valence-corrected chi connectivity index (χ3v) is 10.1. The van der Waals surface area contributed by atoms with Crippen LogP contribution in [0.15, 0.2) is 12.1 Å². The van der Waals surface area contributed by atoms with Crippen molar-refractivity contribution >= 4 is 17.8 Å². The molecule has 1 saturated heterocycles. The maximum atomic E-state index is 13.0. The minimum Gasteiger partial charge on any atom is -0.504 e. The quantitative estimate of drug-likeness (QED) is 0.294. The van der Waals surface area contributed by atoms with E-state index in [-0.39, 0.29) is 30.6 Å². The molecule has 1 amide bonds. The van der Waals surface area contributed by atoms with Gasteiger partial charge in [0.15, 0.2) is 11.5 Å². The average Bonchev–Trinajstić information content (AvgIpc) is 3.23. The van der Waals surface area contributed by atoms with Gasteiger partial charge in [0.1, 0.15) is 18.2 Å². The summed E-state index contributed by atoms with van der Waals surface area (Å²) in [6, 6.07) is 2.40. The lowest BCUT2D eigenvalue weighted by molar-refractivity contribution is -0.184. The van der Waals surface area contributed by atoms with Crippen molar-refractivity contribution in [1.82, 2.24) is 10.2 Å². The van der Waals surface area contributed by atoms with Crippen molar-refractivity contribution < 1.29 is 39.2 Å². The van der Waals surface area contributed by atoms with Crippen molar-refractivity contribution in [2.24, 2.45) is 11.8 Å². The van der Waals surface area contributed by atoms with Gasteiger partial charge in [0.05, 0.1) is 17.4 Å². The number of aliphatic carboxylic acids is 1. The van der Waals surface area contributed by atoms with E-state index in [1.54, 1.807) is 19.9 Å². The van der Waals surface area contributed by atoms with Crippen molar-refractivity contribution in [2.75, 3.05) is 13.1 Å². The number of carbonyl (C=O) groups excluding carboxylic acids is 2. The number of hydrogen-bond donors (Lipinski definition) is 4. The van der Waals surface area contributed by atoms with Crippen LogP contribution in [-0.2, 0) is 31.0 Å². The van der Waals surface area contributed by atoms with E-state index in [0.717, 1.165) is 24.2 Å². The number of phenols is 1. The second-order valence-corrected chi connectivity index (χ2v) is 12.9. The molecule has 4 aliphatic rings. The second-order valence-electron chi connectivity index (χ2n) is 12.9. The predicted molar refractivity (Wildman–Crippen MR) is 150 cm³/mol. The Morgan fingerprint density at radius 3 is 2.56 bits per heavy atom. The van der Waals surface area contributed by atoms with Crippen LogP contribution in [-0.4, -0.2) is 81.0 Å². The lowest BCUT2D eigenvalue weighted by atomic mass is 9.52. The van der Waals surface area contributed by atoms with Crippen molar-refractivity contribution in [3.8, 4) is 11.5 Å². The molecule has 1 spiro atoms. The highest BCUT2D eigenvalue weighted by atomic mass is 16.6. The molecule has 6 unspecified atom stereocenters. The lowest BCUT2D eigenvalue weighted by Gasteiger charge is -2.61. The van der Waals surface area contributed by atoms with Gasteiger partial charge in [-0.25, -0.2) is 4.79 Å². The summed E-state index contributed by atoms with van der Waals surface area (Å²) in [6.07, 6.45) is 3.49. The van der Waals surface area contributed by atoms with Gasteiger partial charge in [0.2, 0.25) is 5.91 Å². The number of carboxylic acids is 1. The van der Waals surface area contributed by atoms with Crippen LogP contribution in [0, 0.1) is 11.8 Å². The number of aromatic hydroxyl groups is 1.